The number of sulfonamides is 2. The monoisotopic (exact) mass is 1430 g/mol. The van der Waals surface area contributed by atoms with Crippen molar-refractivity contribution in [3.05, 3.63) is 123 Å². The van der Waals surface area contributed by atoms with Gasteiger partial charge in [0.25, 0.3) is 0 Å². The fraction of sp³-hybridized carbons (Fsp3) is 0.309. The second-order valence-electron chi connectivity index (χ2n) is 18.9. The number of aromatic nitrogens is 8. The first-order valence-electron chi connectivity index (χ1n) is 25.2. The van der Waals surface area contributed by atoms with Gasteiger partial charge in [-0.05, 0) is 140 Å². The van der Waals surface area contributed by atoms with Crippen LogP contribution in [-0.2, 0) is 20.0 Å². The van der Waals surface area contributed by atoms with Gasteiger partial charge < -0.3 is 29.1 Å². The second kappa shape index (κ2) is 27.7. The zero-order chi connectivity index (χ0) is 60.8. The molecule has 0 atom stereocenters. The molecule has 0 aliphatic rings. The molecule has 84 heavy (non-hydrogen) atoms. The predicted molar refractivity (Wildman–Crippen MR) is 321 cm³/mol. The van der Waals surface area contributed by atoms with Crippen LogP contribution in [0.4, 0.5) is 38.2 Å². The van der Waals surface area contributed by atoms with Gasteiger partial charge in [-0.1, -0.05) is 47.6 Å². The Morgan fingerprint density at radius 3 is 1.57 bits per heavy atom. The maximum absolute atomic E-state index is 12.6. The number of H-pyrrole nitrogens is 2. The van der Waals surface area contributed by atoms with Gasteiger partial charge in [0.2, 0.25) is 31.9 Å². The molecule has 0 radical (unpaired) electrons. The van der Waals surface area contributed by atoms with Crippen molar-refractivity contribution in [2.75, 3.05) is 30.3 Å². The van der Waals surface area contributed by atoms with Gasteiger partial charge in [-0.15, -0.1) is 0 Å². The molecule has 18 nitrogen and oxygen atoms in total. The Morgan fingerprint density at radius 1 is 0.655 bits per heavy atom. The van der Waals surface area contributed by atoms with E-state index in [4.69, 9.17) is 9.05 Å². The summed E-state index contributed by atoms with van der Waals surface area (Å²) in [6, 6.07) is 22.2. The Bertz CT molecular complexity index is 4140. The van der Waals surface area contributed by atoms with Gasteiger partial charge in [0.15, 0.2) is 0 Å². The van der Waals surface area contributed by atoms with E-state index in [0.29, 0.717) is 77.2 Å². The number of hydrogen-bond acceptors (Lipinski definition) is 14. The number of aryl methyl sites for hydroxylation is 6. The first-order chi connectivity index (χ1) is 39.0. The first kappa shape index (κ1) is 66.7. The molecule has 0 saturated carbocycles. The average Bonchev–Trinajstić information content (AvgIpc) is 2.95. The number of benzene rings is 4. The maximum atomic E-state index is 12.6. The van der Waals surface area contributed by atoms with E-state index < -0.39 is 63.9 Å². The summed E-state index contributed by atoms with van der Waals surface area (Å²) >= 11 is 2.66. The largest absolute Gasteiger partial charge is 0.489 e. The molecular formula is C55H60BF6I2N10O8S2-. The van der Waals surface area contributed by atoms with Gasteiger partial charge >= 0.3 is 63.4 Å². The smallest absolute Gasteiger partial charge is 0.423 e. The molecule has 10 rings (SSSR count). The maximum Gasteiger partial charge on any atom is 0.489 e. The SMILES string of the molecule is C.CCC[I-]C.Cc1ccc2ncccc2c1-c1cc(-c2c(C)noc2C)cc2[nH]c(NS(=O)(=O)CCC(F)(F)F)nc12.Cc1ccc2ncccc2c1B(O)O.Cc1noc(C)c1-c1cc(I)c2nc(NS(=O)(=O)CCC(F)(F)F)[nH]c2c1. The zero-order valence-electron chi connectivity index (χ0n) is 45.8. The van der Waals surface area contributed by atoms with Crippen LogP contribution in [0.5, 0.6) is 0 Å². The molecule has 0 aliphatic carbocycles. The van der Waals surface area contributed by atoms with E-state index in [2.05, 4.69) is 84.1 Å². The molecular weight excluding hydrogens is 1370 g/mol. The fourth-order valence-electron chi connectivity index (χ4n) is 8.89. The molecule has 10 aromatic rings. The Morgan fingerprint density at radius 2 is 1.12 bits per heavy atom. The number of halogens is 8. The van der Waals surface area contributed by atoms with Crippen LogP contribution in [0.15, 0.2) is 94.2 Å². The van der Waals surface area contributed by atoms with E-state index in [-0.39, 0.29) is 19.3 Å². The minimum absolute atomic E-state index is 0. The standard InChI is InChI=1S/C25H22F3N5O3S.C15H14F3IN4O3S.C10H10BNO2.C4H10I.CH4/c1-13-6-7-19-17(5-4-9-29-19)21(13)18-11-16(22-14(2)32-36-15(22)3)12-20-23(18)31-24(30-20)33-37(34,35)10-8-25(26,27)28;1-7-12(8(2)26-22-7)9-5-10(19)13-11(6-9)20-14(21-13)23-27(24,25)4-3-15(16,17)18;1-7-4-5-9-8(3-2-6-12-9)10(7)11(13)14;1-3-4-5-2;/h4-7,9,11-12H,8,10H2,1-3H3,(H2,30,31,33);5-6H,3-4H2,1-2H3,(H2,20,21,23);2-6,13-14H,1H3;3-4H2,1-2H3;1H4/q;;;-1;. The molecule has 0 fully saturated rings. The van der Waals surface area contributed by atoms with Gasteiger partial charge in [0.05, 0.1) is 63.3 Å². The first-order valence-corrected chi connectivity index (χ1v) is 33.3. The molecule has 6 heterocycles. The quantitative estimate of drug-likeness (QED) is 0.0257. The zero-order valence-corrected chi connectivity index (χ0v) is 51.7. The Kier molecular flexibility index (Phi) is 22.0. The van der Waals surface area contributed by atoms with Crippen LogP contribution < -0.4 is 36.1 Å². The second-order valence-corrected chi connectivity index (χ2v) is 26.4. The van der Waals surface area contributed by atoms with E-state index in [1.807, 2.05) is 75.4 Å². The van der Waals surface area contributed by atoms with Crippen molar-refractivity contribution in [2.24, 2.45) is 0 Å². The van der Waals surface area contributed by atoms with Gasteiger partial charge in [-0.3, -0.25) is 19.4 Å². The summed E-state index contributed by atoms with van der Waals surface area (Å²) in [5.74, 6) is -1.26. The average molecular weight is 1430 g/mol. The number of hydrogen-bond donors (Lipinski definition) is 6. The van der Waals surface area contributed by atoms with Crippen LogP contribution in [0.3, 0.4) is 0 Å². The topological polar surface area (TPSA) is 268 Å². The molecule has 0 bridgehead atoms. The normalized spacial score (nSPS) is 11.9. The number of pyridine rings is 2. The van der Waals surface area contributed by atoms with E-state index in [1.165, 1.54) is 10.8 Å². The summed E-state index contributed by atoms with van der Waals surface area (Å²) in [6.45, 7) is 13.2. The predicted octanol–water partition coefficient (Wildman–Crippen LogP) is 9.16. The molecule has 6 N–H and O–H groups in total. The third-order valence-electron chi connectivity index (χ3n) is 12.5. The molecule has 450 valence electrons. The summed E-state index contributed by atoms with van der Waals surface area (Å²) in [6.07, 6.45) is -7.28. The number of anilines is 2. The number of imidazole rings is 2. The Hall–Kier alpha value is -6.42. The molecule has 0 aliphatic heterocycles. The molecule has 0 saturated heterocycles. The van der Waals surface area contributed by atoms with E-state index in [1.54, 1.807) is 51.4 Å². The number of aromatic amines is 2. The van der Waals surface area contributed by atoms with Crippen molar-refractivity contribution < 1.29 is 83.5 Å². The number of nitrogens with one attached hydrogen (secondary N) is 4. The van der Waals surface area contributed by atoms with Crippen molar-refractivity contribution >= 4 is 111 Å². The van der Waals surface area contributed by atoms with Crippen LogP contribution in [0.25, 0.3) is 77.3 Å². The minimum Gasteiger partial charge on any atom is -0.423 e. The van der Waals surface area contributed by atoms with Gasteiger partial charge in [0.1, 0.15) is 17.0 Å². The molecule has 4 aromatic carbocycles. The van der Waals surface area contributed by atoms with Gasteiger partial charge in [-0.25, -0.2) is 26.8 Å². The third kappa shape index (κ3) is 16.9. The van der Waals surface area contributed by atoms with E-state index >= 15 is 0 Å². The van der Waals surface area contributed by atoms with Crippen LogP contribution in [0, 0.1) is 45.1 Å². The minimum atomic E-state index is -4.60. The van der Waals surface area contributed by atoms with Crippen LogP contribution in [-0.4, -0.2) is 107 Å². The molecule has 6 aromatic heterocycles. The van der Waals surface area contributed by atoms with Crippen LogP contribution in [0.2, 0.25) is 0 Å². The summed E-state index contributed by atoms with van der Waals surface area (Å²) in [4.78, 5) is 25.2. The number of nitrogens with zero attached hydrogens (tertiary/aromatic N) is 6. The van der Waals surface area contributed by atoms with Crippen LogP contribution in [0.1, 0.15) is 67.6 Å². The summed E-state index contributed by atoms with van der Waals surface area (Å²) in [5, 5.41) is 28.1. The van der Waals surface area contributed by atoms with E-state index in [9.17, 15) is 53.2 Å². The van der Waals surface area contributed by atoms with Gasteiger partial charge in [-0.2, -0.15) is 26.3 Å². The molecule has 29 heteroatoms. The fourth-order valence-corrected chi connectivity index (χ4v) is 12.7. The van der Waals surface area contributed by atoms with Crippen LogP contribution >= 0.6 is 22.6 Å². The summed E-state index contributed by atoms with van der Waals surface area (Å²) in [7, 11) is -9.93. The van der Waals surface area contributed by atoms with Crippen molar-refractivity contribution in [1.82, 2.24) is 40.2 Å². The van der Waals surface area contributed by atoms with Crippen molar-refractivity contribution in [2.45, 2.75) is 87.5 Å². The number of rotatable bonds is 14. The molecule has 0 unspecified atom stereocenters. The van der Waals surface area contributed by atoms with Crippen molar-refractivity contribution in [1.29, 1.82) is 0 Å². The summed E-state index contributed by atoms with van der Waals surface area (Å²) < 4.78 is 140. The molecule has 0 amide bonds. The van der Waals surface area contributed by atoms with Crippen molar-refractivity contribution in [3.63, 3.8) is 0 Å². The van der Waals surface area contributed by atoms with E-state index in [0.717, 1.165) is 64.3 Å². The third-order valence-corrected chi connectivity index (χ3v) is 18.0. The summed E-state index contributed by atoms with van der Waals surface area (Å²) in [5.41, 5.74) is 11.9. The van der Waals surface area contributed by atoms with Crippen molar-refractivity contribution in [3.8, 4) is 33.4 Å². The Balaban J connectivity index is 0.000000209. The van der Waals surface area contributed by atoms with Gasteiger partial charge in [0, 0.05) is 43.4 Å². The Labute approximate surface area is 505 Å². The molecule has 0 spiro atoms. The number of alkyl halides is 8. The number of fused-ring (bicyclic) bond motifs is 4.